The van der Waals surface area contributed by atoms with Crippen LogP contribution in [-0.2, 0) is 4.74 Å². The van der Waals surface area contributed by atoms with Crippen molar-refractivity contribution >= 4 is 24.0 Å². The first-order valence-corrected chi connectivity index (χ1v) is 10.2. The van der Waals surface area contributed by atoms with Crippen molar-refractivity contribution in [1.82, 2.24) is 10.2 Å². The summed E-state index contributed by atoms with van der Waals surface area (Å²) >= 11 is 3.37. The molecular formula is C11H21BrN2O2Si. The van der Waals surface area contributed by atoms with Gasteiger partial charge in [-0.05, 0) is 28.9 Å². The van der Waals surface area contributed by atoms with Crippen LogP contribution in [0.3, 0.4) is 0 Å². The van der Waals surface area contributed by atoms with Gasteiger partial charge in [-0.15, -0.1) is 0 Å². The Morgan fingerprint density at radius 2 is 2.12 bits per heavy atom. The zero-order valence-electron chi connectivity index (χ0n) is 10.9. The molecule has 0 saturated carbocycles. The van der Waals surface area contributed by atoms with Crippen molar-refractivity contribution in [2.24, 2.45) is 0 Å². The summed E-state index contributed by atoms with van der Waals surface area (Å²) in [6, 6.07) is 1.13. The van der Waals surface area contributed by atoms with Gasteiger partial charge in [0.05, 0.1) is 5.70 Å². The molecule has 0 aromatic carbocycles. The Hall–Kier alpha value is -0.463. The minimum absolute atomic E-state index is 0.201. The van der Waals surface area contributed by atoms with E-state index in [-0.39, 0.29) is 5.88 Å². The lowest BCUT2D eigenvalue weighted by atomic mass is 10.4. The number of halogens is 1. The third-order valence-corrected chi connectivity index (χ3v) is 4.83. The molecule has 0 bridgehead atoms. The lowest BCUT2D eigenvalue weighted by molar-refractivity contribution is 0.0490. The Morgan fingerprint density at radius 3 is 2.71 bits per heavy atom. The van der Waals surface area contributed by atoms with Gasteiger partial charge in [0.25, 0.3) is 0 Å². The van der Waals surface area contributed by atoms with Crippen molar-refractivity contribution in [2.75, 3.05) is 13.3 Å². The lowest BCUT2D eigenvalue weighted by Gasteiger charge is -2.28. The van der Waals surface area contributed by atoms with E-state index >= 15 is 0 Å². The molecule has 1 aliphatic heterocycles. The predicted molar refractivity (Wildman–Crippen MR) is 76.3 cm³/mol. The van der Waals surface area contributed by atoms with Gasteiger partial charge in [-0.1, -0.05) is 19.6 Å². The largest absolute Gasteiger partial charge is 0.493 e. The summed E-state index contributed by atoms with van der Waals surface area (Å²) in [6.07, 6.45) is 1.79. The van der Waals surface area contributed by atoms with Gasteiger partial charge >= 0.3 is 0 Å². The molecule has 0 fully saturated rings. The maximum Gasteiger partial charge on any atom is 0.213 e. The van der Waals surface area contributed by atoms with Gasteiger partial charge in [0.2, 0.25) is 5.88 Å². The Morgan fingerprint density at radius 1 is 1.47 bits per heavy atom. The van der Waals surface area contributed by atoms with Crippen molar-refractivity contribution in [3.05, 3.63) is 22.4 Å². The van der Waals surface area contributed by atoms with Crippen LogP contribution in [0.25, 0.3) is 0 Å². The molecule has 1 rings (SSSR count). The molecule has 0 aromatic rings. The Bertz CT molecular complexity index is 337. The van der Waals surface area contributed by atoms with Crippen molar-refractivity contribution in [3.63, 3.8) is 0 Å². The molecule has 0 aromatic heterocycles. The van der Waals surface area contributed by atoms with E-state index < -0.39 is 8.07 Å². The summed E-state index contributed by atoms with van der Waals surface area (Å²) in [6.45, 7) is 9.88. The number of aliphatic hydroxyl groups is 1. The summed E-state index contributed by atoms with van der Waals surface area (Å²) in [4.78, 5) is 1.69. The third-order valence-electron chi connectivity index (χ3n) is 2.47. The van der Waals surface area contributed by atoms with Crippen LogP contribution in [0, 0.1) is 0 Å². The van der Waals surface area contributed by atoms with Crippen LogP contribution in [-0.4, -0.2) is 31.4 Å². The molecule has 0 radical (unpaired) electrons. The SMILES string of the molecule is CC1=C(O)N(COCC[Si](C)(C)C)C(Br)=CN1. The molecule has 0 atom stereocenters. The third kappa shape index (κ3) is 4.73. The number of hydrogen-bond acceptors (Lipinski definition) is 4. The van der Waals surface area contributed by atoms with E-state index in [4.69, 9.17) is 4.74 Å². The second-order valence-corrected chi connectivity index (χ2v) is 11.8. The second kappa shape index (κ2) is 5.93. The summed E-state index contributed by atoms with van der Waals surface area (Å²) < 4.78 is 6.38. The molecule has 17 heavy (non-hydrogen) atoms. The van der Waals surface area contributed by atoms with E-state index in [1.165, 1.54) is 0 Å². The first-order valence-electron chi connectivity index (χ1n) is 5.68. The summed E-state index contributed by atoms with van der Waals surface area (Å²) in [5.41, 5.74) is 0.724. The first kappa shape index (κ1) is 14.6. The van der Waals surface area contributed by atoms with E-state index in [0.717, 1.165) is 23.0 Å². The minimum Gasteiger partial charge on any atom is -0.493 e. The van der Waals surface area contributed by atoms with Gasteiger partial charge in [0, 0.05) is 20.9 Å². The average Bonchev–Trinajstić information content (AvgIpc) is 2.21. The topological polar surface area (TPSA) is 44.7 Å². The molecule has 1 heterocycles. The molecule has 0 amide bonds. The molecule has 2 N–H and O–H groups in total. The van der Waals surface area contributed by atoms with Crippen LogP contribution in [0.5, 0.6) is 0 Å². The number of hydrogen-bond donors (Lipinski definition) is 2. The highest BCUT2D eigenvalue weighted by molar-refractivity contribution is 9.11. The maximum atomic E-state index is 9.87. The monoisotopic (exact) mass is 320 g/mol. The Balaban J connectivity index is 2.40. The quantitative estimate of drug-likeness (QED) is 0.464. The number of ether oxygens (including phenoxy) is 1. The van der Waals surface area contributed by atoms with E-state index in [9.17, 15) is 5.11 Å². The van der Waals surface area contributed by atoms with Crippen LogP contribution in [0.15, 0.2) is 22.4 Å². The van der Waals surface area contributed by atoms with Crippen LogP contribution in [0.2, 0.25) is 25.7 Å². The van der Waals surface area contributed by atoms with Crippen molar-refractivity contribution in [3.8, 4) is 0 Å². The minimum atomic E-state index is -1.05. The highest BCUT2D eigenvalue weighted by Gasteiger charge is 2.19. The fourth-order valence-electron chi connectivity index (χ4n) is 1.27. The van der Waals surface area contributed by atoms with Crippen molar-refractivity contribution < 1.29 is 9.84 Å². The van der Waals surface area contributed by atoms with Crippen molar-refractivity contribution in [2.45, 2.75) is 32.6 Å². The average molecular weight is 321 g/mol. The van der Waals surface area contributed by atoms with E-state index in [1.807, 2.05) is 6.92 Å². The predicted octanol–water partition coefficient (Wildman–Crippen LogP) is 3.14. The second-order valence-electron chi connectivity index (χ2n) is 5.34. The number of nitrogens with one attached hydrogen (secondary N) is 1. The molecule has 0 unspecified atom stereocenters. The summed E-state index contributed by atoms with van der Waals surface area (Å²) in [5, 5.41) is 12.8. The highest BCUT2D eigenvalue weighted by Crippen LogP contribution is 2.22. The van der Waals surface area contributed by atoms with E-state index in [0.29, 0.717) is 6.73 Å². The Kier molecular flexibility index (Phi) is 5.09. The molecule has 0 saturated heterocycles. The van der Waals surface area contributed by atoms with Crippen LogP contribution in [0.4, 0.5) is 0 Å². The molecule has 98 valence electrons. The fraction of sp³-hybridized carbons (Fsp3) is 0.636. The van der Waals surface area contributed by atoms with Crippen LogP contribution in [0.1, 0.15) is 6.92 Å². The standard InChI is InChI=1S/C11H21BrN2O2Si/c1-9-11(15)14(10(12)7-13-9)8-16-5-6-17(2,3)4/h7,13,15H,5-6,8H2,1-4H3. The van der Waals surface area contributed by atoms with Crippen LogP contribution >= 0.6 is 15.9 Å². The van der Waals surface area contributed by atoms with Crippen LogP contribution < -0.4 is 5.32 Å². The fourth-order valence-corrected chi connectivity index (χ4v) is 2.41. The number of nitrogens with zero attached hydrogens (tertiary/aromatic N) is 1. The first-order chi connectivity index (χ1) is 7.81. The summed E-state index contributed by atoms with van der Waals surface area (Å²) in [5.74, 6) is 0.201. The van der Waals surface area contributed by atoms with E-state index in [1.54, 1.807) is 11.1 Å². The van der Waals surface area contributed by atoms with Gasteiger partial charge in [0.1, 0.15) is 11.3 Å². The molecular weight excluding hydrogens is 300 g/mol. The number of aliphatic hydroxyl groups excluding tert-OH is 1. The zero-order chi connectivity index (χ0) is 13.1. The van der Waals surface area contributed by atoms with Crippen molar-refractivity contribution in [1.29, 1.82) is 0 Å². The van der Waals surface area contributed by atoms with Gasteiger partial charge in [-0.2, -0.15) is 0 Å². The Labute approximate surface area is 112 Å². The molecule has 1 aliphatic rings. The molecule has 0 aliphatic carbocycles. The van der Waals surface area contributed by atoms with E-state index in [2.05, 4.69) is 40.9 Å². The smallest absolute Gasteiger partial charge is 0.213 e. The van der Waals surface area contributed by atoms with Gasteiger partial charge in [0.15, 0.2) is 0 Å². The van der Waals surface area contributed by atoms with Gasteiger partial charge in [-0.25, -0.2) is 0 Å². The molecule has 6 heteroatoms. The normalized spacial score (nSPS) is 17.0. The highest BCUT2D eigenvalue weighted by atomic mass is 79.9. The molecule has 4 nitrogen and oxygen atoms in total. The molecule has 0 spiro atoms. The summed E-state index contributed by atoms with van der Waals surface area (Å²) in [7, 11) is -1.05. The van der Waals surface area contributed by atoms with Gasteiger partial charge < -0.3 is 15.2 Å². The number of allylic oxidation sites excluding steroid dienone is 1. The van der Waals surface area contributed by atoms with Gasteiger partial charge in [-0.3, -0.25) is 4.90 Å². The number of rotatable bonds is 5. The zero-order valence-corrected chi connectivity index (χ0v) is 13.5. The lowest BCUT2D eigenvalue weighted by Crippen LogP contribution is -2.31. The maximum absolute atomic E-state index is 9.87.